The zero-order valence-electron chi connectivity index (χ0n) is 14.0. The Bertz CT molecular complexity index is 1040. The molecule has 0 fully saturated rings. The van der Waals surface area contributed by atoms with Gasteiger partial charge in [-0.15, -0.1) is 0 Å². The third-order valence-electron chi connectivity index (χ3n) is 4.75. The molecule has 0 radical (unpaired) electrons. The molecule has 4 rings (SSSR count). The summed E-state index contributed by atoms with van der Waals surface area (Å²) in [6.45, 7) is 0.0747. The van der Waals surface area contributed by atoms with Crippen molar-refractivity contribution < 1.29 is 5.11 Å². The minimum atomic E-state index is -1.26. The van der Waals surface area contributed by atoms with Crippen molar-refractivity contribution in [3.63, 3.8) is 0 Å². The van der Waals surface area contributed by atoms with Crippen LogP contribution >= 0.6 is 11.6 Å². The third kappa shape index (κ3) is 2.78. The van der Waals surface area contributed by atoms with Crippen molar-refractivity contribution in [3.8, 4) is 11.1 Å². The number of fused-ring (bicyclic) bond motifs is 1. The van der Waals surface area contributed by atoms with Gasteiger partial charge in [-0.25, -0.2) is 4.98 Å². The van der Waals surface area contributed by atoms with Gasteiger partial charge in [0, 0.05) is 29.3 Å². The molecule has 0 aliphatic heterocycles. The molecule has 4 N–H and O–H groups in total. The number of nitrogens with zero attached hydrogens (tertiary/aromatic N) is 1. The van der Waals surface area contributed by atoms with Crippen molar-refractivity contribution >= 4 is 22.6 Å². The van der Waals surface area contributed by atoms with Gasteiger partial charge in [-0.3, -0.25) is 0 Å². The van der Waals surface area contributed by atoms with Gasteiger partial charge in [0.15, 0.2) is 0 Å². The monoisotopic (exact) mass is 363 g/mol. The van der Waals surface area contributed by atoms with Crippen LogP contribution in [0.1, 0.15) is 11.1 Å². The first kappa shape index (κ1) is 16.8. The number of hydrogen-bond acceptors (Lipinski definition) is 3. The Morgan fingerprint density at radius 1 is 0.962 bits per heavy atom. The number of aromatic nitrogens is 2. The van der Waals surface area contributed by atoms with Gasteiger partial charge in [-0.05, 0) is 46.5 Å². The number of halogens is 1. The molecule has 1 unspecified atom stereocenters. The minimum absolute atomic E-state index is 0.0747. The van der Waals surface area contributed by atoms with E-state index in [0.29, 0.717) is 10.6 Å². The average Bonchev–Trinajstić information content (AvgIpc) is 3.17. The molecule has 0 aliphatic carbocycles. The number of rotatable bonds is 4. The zero-order chi connectivity index (χ0) is 18.1. The third-order valence-corrected chi connectivity index (χ3v) is 5.00. The van der Waals surface area contributed by atoms with Gasteiger partial charge in [-0.2, -0.15) is 0 Å². The number of aromatic amines is 1. The quantitative estimate of drug-likeness (QED) is 0.511. The first-order valence-electron chi connectivity index (χ1n) is 8.33. The number of nitrogens with one attached hydrogen (secondary N) is 1. The Kier molecular flexibility index (Phi) is 4.24. The summed E-state index contributed by atoms with van der Waals surface area (Å²) in [5.41, 5.74) is 9.12. The van der Waals surface area contributed by atoms with Gasteiger partial charge in [0.05, 0.1) is 0 Å². The number of benzene rings is 2. The van der Waals surface area contributed by atoms with Crippen molar-refractivity contribution in [3.05, 3.63) is 89.2 Å². The molecule has 0 bridgehead atoms. The maximum absolute atomic E-state index is 11.2. The Balaban J connectivity index is 1.75. The lowest BCUT2D eigenvalue weighted by Crippen LogP contribution is -2.36. The molecule has 2 aromatic carbocycles. The van der Waals surface area contributed by atoms with Crippen molar-refractivity contribution in [1.29, 1.82) is 0 Å². The number of hydrogen-bond donors (Lipinski definition) is 3. The van der Waals surface area contributed by atoms with E-state index in [2.05, 4.69) is 9.97 Å². The molecule has 0 amide bonds. The predicted octanol–water partition coefficient (Wildman–Crippen LogP) is 4.08. The van der Waals surface area contributed by atoms with Crippen LogP contribution in [0.5, 0.6) is 0 Å². The molecule has 26 heavy (non-hydrogen) atoms. The van der Waals surface area contributed by atoms with E-state index in [0.717, 1.165) is 27.7 Å². The van der Waals surface area contributed by atoms with Crippen molar-refractivity contribution in [2.45, 2.75) is 5.60 Å². The van der Waals surface area contributed by atoms with Crippen molar-refractivity contribution in [2.75, 3.05) is 6.54 Å². The summed E-state index contributed by atoms with van der Waals surface area (Å²) < 4.78 is 0. The minimum Gasteiger partial charge on any atom is -0.379 e. The maximum atomic E-state index is 11.2. The largest absolute Gasteiger partial charge is 0.379 e. The number of nitrogens with two attached hydrogens (primary N) is 1. The predicted molar refractivity (Wildman–Crippen MR) is 105 cm³/mol. The van der Waals surface area contributed by atoms with Crippen LogP contribution in [0.25, 0.3) is 22.2 Å². The summed E-state index contributed by atoms with van der Waals surface area (Å²) in [4.78, 5) is 7.44. The van der Waals surface area contributed by atoms with Crippen LogP contribution in [-0.2, 0) is 5.60 Å². The Hall–Kier alpha value is -2.66. The lowest BCUT2D eigenvalue weighted by Gasteiger charge is -2.28. The van der Waals surface area contributed by atoms with Gasteiger partial charge in [0.2, 0.25) is 0 Å². The lowest BCUT2D eigenvalue weighted by atomic mass is 9.85. The standard InChI is InChI=1S/C21H18ClN3O/c22-17-7-5-16(6-8-17)21(26,13-23)15-3-1-14(2-4-15)18-9-11-24-20-19(18)10-12-25-20/h1-12,26H,13,23H2,(H,24,25). The highest BCUT2D eigenvalue weighted by Gasteiger charge is 2.29. The van der Waals surface area contributed by atoms with E-state index in [-0.39, 0.29) is 6.54 Å². The van der Waals surface area contributed by atoms with Crippen molar-refractivity contribution in [2.24, 2.45) is 5.73 Å². The van der Waals surface area contributed by atoms with Gasteiger partial charge in [-0.1, -0.05) is 48.0 Å². The molecule has 2 aromatic heterocycles. The van der Waals surface area contributed by atoms with E-state index in [1.165, 1.54) is 0 Å². The zero-order valence-corrected chi connectivity index (χ0v) is 14.7. The van der Waals surface area contributed by atoms with Crippen LogP contribution in [0.3, 0.4) is 0 Å². The SMILES string of the molecule is NCC(O)(c1ccc(Cl)cc1)c1ccc(-c2ccnc3[nH]ccc23)cc1. The van der Waals surface area contributed by atoms with E-state index in [4.69, 9.17) is 17.3 Å². The van der Waals surface area contributed by atoms with Gasteiger partial charge in [0.25, 0.3) is 0 Å². The summed E-state index contributed by atoms with van der Waals surface area (Å²) in [5, 5.41) is 12.9. The highest BCUT2D eigenvalue weighted by molar-refractivity contribution is 6.30. The molecular formula is C21H18ClN3O. The van der Waals surface area contributed by atoms with Crippen LogP contribution in [0, 0.1) is 0 Å². The Morgan fingerprint density at radius 2 is 1.62 bits per heavy atom. The van der Waals surface area contributed by atoms with E-state index in [1.54, 1.807) is 30.5 Å². The first-order valence-corrected chi connectivity index (χ1v) is 8.71. The molecular weight excluding hydrogens is 346 g/mol. The number of aliphatic hydroxyl groups is 1. The number of H-pyrrole nitrogens is 1. The fraction of sp³-hybridized carbons (Fsp3) is 0.0952. The fourth-order valence-corrected chi connectivity index (χ4v) is 3.39. The second-order valence-electron chi connectivity index (χ2n) is 6.25. The topological polar surface area (TPSA) is 74.9 Å². The molecule has 0 aliphatic rings. The van der Waals surface area contributed by atoms with Crippen LogP contribution < -0.4 is 5.73 Å². The van der Waals surface area contributed by atoms with E-state index in [1.807, 2.05) is 42.6 Å². The van der Waals surface area contributed by atoms with Gasteiger partial charge >= 0.3 is 0 Å². The highest BCUT2D eigenvalue weighted by atomic mass is 35.5. The average molecular weight is 364 g/mol. The smallest absolute Gasteiger partial charge is 0.137 e. The summed E-state index contributed by atoms with van der Waals surface area (Å²) in [7, 11) is 0. The van der Waals surface area contributed by atoms with Crippen LogP contribution in [0.15, 0.2) is 73.1 Å². The first-order chi connectivity index (χ1) is 12.6. The summed E-state index contributed by atoms with van der Waals surface area (Å²) in [6, 6.07) is 18.9. The van der Waals surface area contributed by atoms with Crippen LogP contribution in [0.2, 0.25) is 5.02 Å². The summed E-state index contributed by atoms with van der Waals surface area (Å²) in [6.07, 6.45) is 3.66. The Labute approximate surface area is 156 Å². The normalized spacial score (nSPS) is 13.7. The molecule has 1 atom stereocenters. The van der Waals surface area contributed by atoms with E-state index in [9.17, 15) is 5.11 Å². The molecule has 130 valence electrons. The van der Waals surface area contributed by atoms with E-state index >= 15 is 0 Å². The Morgan fingerprint density at radius 3 is 2.27 bits per heavy atom. The fourth-order valence-electron chi connectivity index (χ4n) is 3.27. The highest BCUT2D eigenvalue weighted by Crippen LogP contribution is 2.32. The summed E-state index contributed by atoms with van der Waals surface area (Å²) >= 11 is 5.96. The lowest BCUT2D eigenvalue weighted by molar-refractivity contribution is 0.0902. The second-order valence-corrected chi connectivity index (χ2v) is 6.68. The maximum Gasteiger partial charge on any atom is 0.137 e. The second kappa shape index (κ2) is 6.57. The number of pyridine rings is 1. The van der Waals surface area contributed by atoms with Gasteiger partial charge in [0.1, 0.15) is 11.2 Å². The summed E-state index contributed by atoms with van der Waals surface area (Å²) in [5.74, 6) is 0. The molecule has 0 spiro atoms. The molecule has 2 heterocycles. The molecule has 0 saturated heterocycles. The van der Waals surface area contributed by atoms with E-state index < -0.39 is 5.60 Å². The molecule has 0 saturated carbocycles. The molecule has 5 heteroatoms. The van der Waals surface area contributed by atoms with Gasteiger partial charge < -0.3 is 15.8 Å². The molecule has 4 aromatic rings. The van der Waals surface area contributed by atoms with Crippen LogP contribution in [0.4, 0.5) is 0 Å². The van der Waals surface area contributed by atoms with Crippen molar-refractivity contribution in [1.82, 2.24) is 9.97 Å². The van der Waals surface area contributed by atoms with Crippen LogP contribution in [-0.4, -0.2) is 21.6 Å². The molecule has 4 nitrogen and oxygen atoms in total.